The molecule has 2 aliphatic rings. The van der Waals surface area contributed by atoms with Crippen LogP contribution in [0, 0.1) is 11.6 Å². The van der Waals surface area contributed by atoms with Gasteiger partial charge in [0.15, 0.2) is 12.2 Å². The normalized spacial score (nSPS) is 19.0. The maximum atomic E-state index is 15.1. The molecule has 0 radical (unpaired) electrons. The summed E-state index contributed by atoms with van der Waals surface area (Å²) in [6.45, 7) is 5.60. The van der Waals surface area contributed by atoms with Crippen LogP contribution in [0.2, 0.25) is 0 Å². The van der Waals surface area contributed by atoms with E-state index in [9.17, 15) is 14.7 Å². The molecular formula is C25H29F2N3O7. The molecule has 0 aliphatic carbocycles. The standard InChI is InChI=1S/C25H29F2N3O7/c1-25(2,3)35-14-20(31)23(32)29-7-4-15(5-8-29)22-18(26)10-16(11-19(22)27)30-12-17(37-24(30)33)13-34-21-6-9-36-28-21/h4,6,9-11,17,20,31H,5,7-8,12-14H2,1-3H3/t17-,20-/m1/s1. The number of amides is 2. The number of carbonyl (C=O) groups excluding carboxylic acids is 2. The van der Waals surface area contributed by atoms with Crippen LogP contribution in [-0.2, 0) is 14.3 Å². The molecule has 0 spiro atoms. The van der Waals surface area contributed by atoms with E-state index in [2.05, 4.69) is 9.68 Å². The van der Waals surface area contributed by atoms with Gasteiger partial charge in [0, 0.05) is 24.7 Å². The molecule has 0 saturated carbocycles. The number of aromatic nitrogens is 1. The Hall–Kier alpha value is -3.51. The van der Waals surface area contributed by atoms with Gasteiger partial charge in [0.1, 0.15) is 24.5 Å². The molecule has 1 fully saturated rings. The Kier molecular flexibility index (Phi) is 7.79. The first kappa shape index (κ1) is 26.6. The van der Waals surface area contributed by atoms with Gasteiger partial charge >= 0.3 is 6.09 Å². The van der Waals surface area contributed by atoms with Crippen LogP contribution >= 0.6 is 0 Å². The number of carbonyl (C=O) groups is 2. The molecule has 0 unspecified atom stereocenters. The summed E-state index contributed by atoms with van der Waals surface area (Å²) in [6, 6.07) is 3.65. The maximum Gasteiger partial charge on any atom is 0.414 e. The van der Waals surface area contributed by atoms with Gasteiger partial charge in [-0.1, -0.05) is 6.08 Å². The van der Waals surface area contributed by atoms with Gasteiger partial charge in [-0.3, -0.25) is 9.69 Å². The summed E-state index contributed by atoms with van der Waals surface area (Å²) >= 11 is 0. The van der Waals surface area contributed by atoms with Crippen molar-refractivity contribution in [1.29, 1.82) is 0 Å². The zero-order chi connectivity index (χ0) is 26.7. The third kappa shape index (κ3) is 6.44. The number of rotatable bonds is 8. The van der Waals surface area contributed by atoms with Crippen molar-refractivity contribution in [3.8, 4) is 5.88 Å². The highest BCUT2D eigenvalue weighted by Gasteiger charge is 2.34. The molecule has 1 aromatic heterocycles. The van der Waals surface area contributed by atoms with Crippen LogP contribution in [0.3, 0.4) is 0 Å². The van der Waals surface area contributed by atoms with Crippen molar-refractivity contribution in [2.45, 2.75) is 45.0 Å². The molecule has 2 amide bonds. The van der Waals surface area contributed by atoms with E-state index in [0.717, 1.165) is 17.0 Å². The molecule has 10 nitrogen and oxygen atoms in total. The number of nitrogens with zero attached hydrogens (tertiary/aromatic N) is 3. The van der Waals surface area contributed by atoms with E-state index in [1.165, 1.54) is 17.2 Å². The van der Waals surface area contributed by atoms with Crippen LogP contribution in [0.5, 0.6) is 5.88 Å². The molecule has 12 heteroatoms. The van der Waals surface area contributed by atoms with E-state index in [1.54, 1.807) is 6.08 Å². The fraction of sp³-hybridized carbons (Fsp3) is 0.480. The maximum absolute atomic E-state index is 15.1. The summed E-state index contributed by atoms with van der Waals surface area (Å²) in [7, 11) is 0. The summed E-state index contributed by atoms with van der Waals surface area (Å²) in [5.41, 5.74) is -0.307. The largest absolute Gasteiger partial charge is 0.471 e. The van der Waals surface area contributed by atoms with E-state index in [1.807, 2.05) is 20.8 Å². The van der Waals surface area contributed by atoms with Crippen LogP contribution in [0.4, 0.5) is 19.3 Å². The lowest BCUT2D eigenvalue weighted by molar-refractivity contribution is -0.146. The van der Waals surface area contributed by atoms with Crippen LogP contribution < -0.4 is 9.64 Å². The number of hydrogen-bond donors (Lipinski definition) is 1. The second-order valence-corrected chi connectivity index (χ2v) is 9.75. The zero-order valence-electron chi connectivity index (χ0n) is 20.8. The Bertz CT molecular complexity index is 1140. The SMILES string of the molecule is CC(C)(C)OC[C@@H](O)C(=O)N1CC=C(c2c(F)cc(N3C[C@H](COc4ccon4)OC3=O)cc2F)CC1. The molecule has 1 N–H and O–H groups in total. The Morgan fingerprint density at radius 1 is 1.30 bits per heavy atom. The van der Waals surface area contributed by atoms with Gasteiger partial charge in [0.25, 0.3) is 11.8 Å². The molecule has 1 saturated heterocycles. The van der Waals surface area contributed by atoms with Gasteiger partial charge in [-0.15, -0.1) is 0 Å². The summed E-state index contributed by atoms with van der Waals surface area (Å²) in [6.07, 6.45) is 0.343. The Morgan fingerprint density at radius 3 is 2.62 bits per heavy atom. The number of anilines is 1. The van der Waals surface area contributed by atoms with Crippen LogP contribution in [0.15, 0.2) is 35.1 Å². The Labute approximate surface area is 212 Å². The second-order valence-electron chi connectivity index (χ2n) is 9.75. The number of cyclic esters (lactones) is 1. The zero-order valence-corrected chi connectivity index (χ0v) is 20.8. The molecule has 2 aliphatic heterocycles. The smallest absolute Gasteiger partial charge is 0.414 e. The van der Waals surface area contributed by atoms with Crippen molar-refractivity contribution in [1.82, 2.24) is 10.1 Å². The number of benzene rings is 1. The average Bonchev–Trinajstić information content (AvgIpc) is 3.49. The summed E-state index contributed by atoms with van der Waals surface area (Å²) in [5.74, 6) is -1.96. The highest BCUT2D eigenvalue weighted by molar-refractivity contribution is 5.90. The lowest BCUT2D eigenvalue weighted by Crippen LogP contribution is -2.44. The fourth-order valence-corrected chi connectivity index (χ4v) is 4.00. The lowest BCUT2D eigenvalue weighted by atomic mass is 9.97. The molecule has 2 aromatic rings. The van der Waals surface area contributed by atoms with Gasteiger partial charge in [-0.2, -0.15) is 0 Å². The first-order chi connectivity index (χ1) is 17.5. The molecule has 2 atom stereocenters. The summed E-state index contributed by atoms with van der Waals surface area (Å²) in [4.78, 5) is 27.3. The minimum absolute atomic E-state index is 0.00302. The van der Waals surface area contributed by atoms with Crippen LogP contribution in [0.1, 0.15) is 32.8 Å². The molecule has 1 aromatic carbocycles. The lowest BCUT2D eigenvalue weighted by Gasteiger charge is -2.30. The van der Waals surface area contributed by atoms with Crippen molar-refractivity contribution in [2.75, 3.05) is 37.7 Å². The third-order valence-electron chi connectivity index (χ3n) is 5.85. The number of hydrogen-bond acceptors (Lipinski definition) is 8. The van der Waals surface area contributed by atoms with Gasteiger partial charge in [-0.25, -0.2) is 13.6 Å². The van der Waals surface area contributed by atoms with Crippen LogP contribution in [0.25, 0.3) is 5.57 Å². The first-order valence-corrected chi connectivity index (χ1v) is 11.8. The molecular weight excluding hydrogens is 492 g/mol. The summed E-state index contributed by atoms with van der Waals surface area (Å²) < 4.78 is 50.8. The molecule has 200 valence electrons. The van der Waals surface area contributed by atoms with E-state index in [4.69, 9.17) is 14.2 Å². The summed E-state index contributed by atoms with van der Waals surface area (Å²) in [5, 5.41) is 13.7. The molecule has 37 heavy (non-hydrogen) atoms. The quantitative estimate of drug-likeness (QED) is 0.564. The number of ether oxygens (including phenoxy) is 3. The number of aliphatic hydroxyl groups is 1. The molecule has 0 bridgehead atoms. The number of aliphatic hydroxyl groups excluding tert-OH is 1. The minimum atomic E-state index is -1.33. The topological polar surface area (TPSA) is 115 Å². The van der Waals surface area contributed by atoms with E-state index >= 15 is 8.78 Å². The van der Waals surface area contributed by atoms with Crippen LogP contribution in [-0.4, -0.2) is 77.8 Å². The van der Waals surface area contributed by atoms with Crippen molar-refractivity contribution >= 4 is 23.3 Å². The second kappa shape index (κ2) is 10.9. The highest BCUT2D eigenvalue weighted by Crippen LogP contribution is 2.32. The minimum Gasteiger partial charge on any atom is -0.471 e. The first-order valence-electron chi connectivity index (χ1n) is 11.8. The van der Waals surface area contributed by atoms with Gasteiger partial charge < -0.3 is 28.7 Å². The highest BCUT2D eigenvalue weighted by atomic mass is 19.1. The van der Waals surface area contributed by atoms with Gasteiger partial charge in [-0.05, 0) is 50.1 Å². The Balaban J connectivity index is 1.39. The van der Waals surface area contributed by atoms with E-state index < -0.39 is 41.4 Å². The monoisotopic (exact) mass is 521 g/mol. The van der Waals surface area contributed by atoms with Crippen molar-refractivity contribution in [3.63, 3.8) is 0 Å². The van der Waals surface area contributed by atoms with E-state index in [-0.39, 0.29) is 56.4 Å². The third-order valence-corrected chi connectivity index (χ3v) is 5.85. The van der Waals surface area contributed by atoms with E-state index in [0.29, 0.717) is 5.57 Å². The van der Waals surface area contributed by atoms with Crippen molar-refractivity contribution in [3.05, 3.63) is 47.7 Å². The molecule has 4 rings (SSSR count). The fourth-order valence-electron chi connectivity index (χ4n) is 4.00. The van der Waals surface area contributed by atoms with Crippen molar-refractivity contribution < 1.29 is 42.2 Å². The predicted octanol–water partition coefficient (Wildman–Crippen LogP) is 3.15. The predicted molar refractivity (Wildman–Crippen MR) is 127 cm³/mol. The van der Waals surface area contributed by atoms with Gasteiger partial charge in [0.05, 0.1) is 24.4 Å². The van der Waals surface area contributed by atoms with Gasteiger partial charge in [0.2, 0.25) is 0 Å². The average molecular weight is 522 g/mol. The Morgan fingerprint density at radius 2 is 2.03 bits per heavy atom. The molecule has 3 heterocycles. The van der Waals surface area contributed by atoms with Crippen molar-refractivity contribution in [2.24, 2.45) is 0 Å². The number of halogens is 2.